The van der Waals surface area contributed by atoms with Gasteiger partial charge < -0.3 is 19.9 Å². The molecule has 0 aliphatic carbocycles. The van der Waals surface area contributed by atoms with Crippen LogP contribution in [0, 0.1) is 5.92 Å². The van der Waals surface area contributed by atoms with Gasteiger partial charge in [0.2, 0.25) is 0 Å². The quantitative estimate of drug-likeness (QED) is 0.373. The Morgan fingerprint density at radius 1 is 1.07 bits per heavy atom. The van der Waals surface area contributed by atoms with E-state index in [-0.39, 0.29) is 24.0 Å². The van der Waals surface area contributed by atoms with E-state index in [9.17, 15) is 0 Å². The number of ether oxygens (including phenoxy) is 1. The third-order valence-corrected chi connectivity index (χ3v) is 6.27. The standard InChI is InChI=1S/C22H35N5O.HI/c1-2-23-22(27-11-9-21(18-27)25-12-14-28-15-13-25)24-16-19-8-10-26(17-19)20-6-4-3-5-7-20;/h3-7,19,21H,2,8-18H2,1H3,(H,23,24);1H. The largest absolute Gasteiger partial charge is 0.379 e. The average molecular weight is 513 g/mol. The molecule has 2 atom stereocenters. The van der Waals surface area contributed by atoms with Crippen molar-refractivity contribution < 1.29 is 4.74 Å². The van der Waals surface area contributed by atoms with Crippen molar-refractivity contribution in [2.75, 3.05) is 70.5 Å². The van der Waals surface area contributed by atoms with Crippen molar-refractivity contribution >= 4 is 35.6 Å². The maximum atomic E-state index is 5.51. The minimum absolute atomic E-state index is 0. The predicted octanol–water partition coefficient (Wildman–Crippen LogP) is 2.50. The highest BCUT2D eigenvalue weighted by Crippen LogP contribution is 2.24. The summed E-state index contributed by atoms with van der Waals surface area (Å²) in [7, 11) is 0. The molecule has 0 saturated carbocycles. The van der Waals surface area contributed by atoms with E-state index in [2.05, 4.69) is 57.3 Å². The molecule has 0 spiro atoms. The van der Waals surface area contributed by atoms with Gasteiger partial charge in [-0.05, 0) is 37.8 Å². The topological polar surface area (TPSA) is 43.3 Å². The van der Waals surface area contributed by atoms with Crippen molar-refractivity contribution in [2.45, 2.75) is 25.8 Å². The molecule has 4 rings (SSSR count). The number of likely N-dealkylation sites (tertiary alicyclic amines) is 1. The second-order valence-corrected chi connectivity index (χ2v) is 8.17. The monoisotopic (exact) mass is 513 g/mol. The molecular formula is C22H36IN5O. The Kier molecular flexibility index (Phi) is 8.86. The number of para-hydroxylation sites is 1. The Morgan fingerprint density at radius 2 is 1.86 bits per heavy atom. The fourth-order valence-corrected chi connectivity index (χ4v) is 4.67. The Balaban J connectivity index is 0.00000240. The number of morpholine rings is 1. The van der Waals surface area contributed by atoms with Gasteiger partial charge in [0.15, 0.2) is 5.96 Å². The van der Waals surface area contributed by atoms with Gasteiger partial charge in [-0.15, -0.1) is 24.0 Å². The first-order chi connectivity index (χ1) is 13.8. The minimum atomic E-state index is 0. The molecule has 162 valence electrons. The second kappa shape index (κ2) is 11.4. The van der Waals surface area contributed by atoms with Crippen LogP contribution in [0.3, 0.4) is 0 Å². The van der Waals surface area contributed by atoms with E-state index in [1.165, 1.54) is 18.5 Å². The van der Waals surface area contributed by atoms with Crippen molar-refractivity contribution in [3.8, 4) is 0 Å². The number of anilines is 1. The van der Waals surface area contributed by atoms with Crippen LogP contribution in [0.15, 0.2) is 35.3 Å². The summed E-state index contributed by atoms with van der Waals surface area (Å²) in [5.41, 5.74) is 1.34. The number of rotatable bonds is 5. The third-order valence-electron chi connectivity index (χ3n) is 6.27. The van der Waals surface area contributed by atoms with E-state index in [4.69, 9.17) is 9.73 Å². The van der Waals surface area contributed by atoms with Crippen LogP contribution in [-0.4, -0.2) is 87.4 Å². The van der Waals surface area contributed by atoms with Crippen molar-refractivity contribution in [1.29, 1.82) is 0 Å². The number of guanidine groups is 1. The van der Waals surface area contributed by atoms with E-state index >= 15 is 0 Å². The van der Waals surface area contributed by atoms with E-state index in [0.717, 1.165) is 71.5 Å². The SMILES string of the molecule is CCNC(=NCC1CCN(c2ccccc2)C1)N1CCC(N2CCOCC2)C1.I. The van der Waals surface area contributed by atoms with E-state index in [1.807, 2.05) is 0 Å². The van der Waals surface area contributed by atoms with Crippen LogP contribution in [-0.2, 0) is 4.74 Å². The zero-order valence-corrected chi connectivity index (χ0v) is 20.0. The fraction of sp³-hybridized carbons (Fsp3) is 0.682. The lowest BCUT2D eigenvalue weighted by atomic mass is 10.1. The van der Waals surface area contributed by atoms with Gasteiger partial charge in [-0.1, -0.05) is 18.2 Å². The van der Waals surface area contributed by atoms with Gasteiger partial charge >= 0.3 is 0 Å². The maximum Gasteiger partial charge on any atom is 0.193 e. The van der Waals surface area contributed by atoms with Gasteiger partial charge in [-0.3, -0.25) is 9.89 Å². The summed E-state index contributed by atoms with van der Waals surface area (Å²) in [5.74, 6) is 1.75. The lowest BCUT2D eigenvalue weighted by Gasteiger charge is -2.32. The van der Waals surface area contributed by atoms with Gasteiger partial charge in [0, 0.05) is 64.1 Å². The molecule has 1 N–H and O–H groups in total. The first kappa shape index (κ1) is 22.6. The van der Waals surface area contributed by atoms with Gasteiger partial charge in [0.1, 0.15) is 0 Å². The highest BCUT2D eigenvalue weighted by atomic mass is 127. The molecule has 3 fully saturated rings. The van der Waals surface area contributed by atoms with Gasteiger partial charge in [0.05, 0.1) is 13.2 Å². The summed E-state index contributed by atoms with van der Waals surface area (Å²) in [6, 6.07) is 11.4. The highest BCUT2D eigenvalue weighted by Gasteiger charge is 2.30. The zero-order chi connectivity index (χ0) is 19.2. The molecular weight excluding hydrogens is 477 g/mol. The van der Waals surface area contributed by atoms with Crippen molar-refractivity contribution in [1.82, 2.24) is 15.1 Å². The number of halogens is 1. The van der Waals surface area contributed by atoms with Gasteiger partial charge in [-0.25, -0.2) is 0 Å². The molecule has 1 aromatic rings. The summed E-state index contributed by atoms with van der Waals surface area (Å²) < 4.78 is 5.51. The molecule has 0 bridgehead atoms. The Bertz CT molecular complexity index is 637. The summed E-state index contributed by atoms with van der Waals surface area (Å²) in [6.45, 7) is 12.4. The molecule has 0 aromatic heterocycles. The molecule has 3 saturated heterocycles. The predicted molar refractivity (Wildman–Crippen MR) is 131 cm³/mol. The molecule has 2 unspecified atom stereocenters. The highest BCUT2D eigenvalue weighted by molar-refractivity contribution is 14.0. The first-order valence-electron chi connectivity index (χ1n) is 11.0. The normalized spacial score (nSPS) is 25.9. The summed E-state index contributed by atoms with van der Waals surface area (Å²) in [4.78, 5) is 12.6. The maximum absolute atomic E-state index is 5.51. The number of hydrogen-bond acceptors (Lipinski definition) is 4. The molecule has 3 aliphatic heterocycles. The Hall–Kier alpha value is -1.06. The van der Waals surface area contributed by atoms with E-state index in [1.54, 1.807) is 0 Å². The van der Waals surface area contributed by atoms with E-state index in [0.29, 0.717) is 12.0 Å². The fourth-order valence-electron chi connectivity index (χ4n) is 4.67. The zero-order valence-electron chi connectivity index (χ0n) is 17.6. The number of nitrogens with zero attached hydrogens (tertiary/aromatic N) is 4. The van der Waals surface area contributed by atoms with Crippen LogP contribution in [0.2, 0.25) is 0 Å². The number of hydrogen-bond donors (Lipinski definition) is 1. The number of nitrogens with one attached hydrogen (secondary N) is 1. The van der Waals surface area contributed by atoms with Crippen LogP contribution in [0.25, 0.3) is 0 Å². The molecule has 3 heterocycles. The van der Waals surface area contributed by atoms with Crippen molar-refractivity contribution in [3.63, 3.8) is 0 Å². The minimum Gasteiger partial charge on any atom is -0.379 e. The number of aliphatic imine (C=N–C) groups is 1. The first-order valence-corrected chi connectivity index (χ1v) is 11.0. The average Bonchev–Trinajstić information content (AvgIpc) is 3.43. The molecule has 0 amide bonds. The van der Waals surface area contributed by atoms with Crippen LogP contribution in [0.1, 0.15) is 19.8 Å². The lowest BCUT2D eigenvalue weighted by Crippen LogP contribution is -2.46. The smallest absolute Gasteiger partial charge is 0.193 e. The number of benzene rings is 1. The van der Waals surface area contributed by atoms with Crippen LogP contribution in [0.5, 0.6) is 0 Å². The summed E-state index contributed by atoms with van der Waals surface area (Å²) >= 11 is 0. The van der Waals surface area contributed by atoms with Crippen LogP contribution >= 0.6 is 24.0 Å². The van der Waals surface area contributed by atoms with Crippen molar-refractivity contribution in [3.05, 3.63) is 30.3 Å². The molecule has 3 aliphatic rings. The summed E-state index contributed by atoms with van der Waals surface area (Å²) in [6.07, 6.45) is 2.46. The molecule has 29 heavy (non-hydrogen) atoms. The third kappa shape index (κ3) is 5.98. The molecule has 7 heteroatoms. The lowest BCUT2D eigenvalue weighted by molar-refractivity contribution is 0.0195. The van der Waals surface area contributed by atoms with Crippen molar-refractivity contribution in [2.24, 2.45) is 10.9 Å². The van der Waals surface area contributed by atoms with Gasteiger partial charge in [-0.2, -0.15) is 0 Å². The Morgan fingerprint density at radius 3 is 2.62 bits per heavy atom. The summed E-state index contributed by atoms with van der Waals surface area (Å²) in [5, 5.41) is 3.53. The Labute approximate surface area is 192 Å². The second-order valence-electron chi connectivity index (χ2n) is 8.17. The van der Waals surface area contributed by atoms with E-state index < -0.39 is 0 Å². The van der Waals surface area contributed by atoms with Crippen LogP contribution < -0.4 is 10.2 Å². The van der Waals surface area contributed by atoms with Gasteiger partial charge in [0.25, 0.3) is 0 Å². The molecule has 0 radical (unpaired) electrons. The molecule has 6 nitrogen and oxygen atoms in total. The van der Waals surface area contributed by atoms with Crippen LogP contribution in [0.4, 0.5) is 5.69 Å². The molecule has 1 aromatic carbocycles.